The number of nitrogens with two attached hydrogens (primary N) is 1. The van der Waals surface area contributed by atoms with Crippen LogP contribution in [0.4, 0.5) is 0 Å². The fraction of sp³-hybridized carbons (Fsp3) is 0.600. The molecule has 0 aromatic carbocycles. The fourth-order valence-electron chi connectivity index (χ4n) is 0.307. The second-order valence-corrected chi connectivity index (χ2v) is 1.78. The third kappa shape index (κ3) is 1.61. The minimum atomic E-state index is 0.144. The Morgan fingerprint density at radius 2 is 2.25 bits per heavy atom. The Balaban J connectivity index is 3.98. The van der Waals surface area contributed by atoms with Crippen LogP contribution >= 0.6 is 0 Å². The topological polar surface area (TPSA) is 62.2 Å². The fourth-order valence-corrected chi connectivity index (χ4v) is 0.307. The highest BCUT2D eigenvalue weighted by Crippen LogP contribution is 1.92. The van der Waals surface area contributed by atoms with Gasteiger partial charge in [-0.2, -0.15) is 10.4 Å². The van der Waals surface area contributed by atoms with Crippen LogP contribution in [-0.4, -0.2) is 5.71 Å². The van der Waals surface area contributed by atoms with Gasteiger partial charge in [-0.3, -0.25) is 0 Å². The zero-order valence-electron chi connectivity index (χ0n) is 5.05. The molecule has 0 saturated carbocycles. The molecule has 0 aliphatic rings. The second-order valence-electron chi connectivity index (χ2n) is 1.78. The molecule has 0 aromatic heterocycles. The maximum Gasteiger partial charge on any atom is 0.139 e. The summed E-state index contributed by atoms with van der Waals surface area (Å²) in [6, 6.07) is 1.88. The van der Waals surface area contributed by atoms with Crippen LogP contribution in [0.5, 0.6) is 0 Å². The zero-order valence-corrected chi connectivity index (χ0v) is 5.05. The van der Waals surface area contributed by atoms with Crippen LogP contribution in [0.2, 0.25) is 0 Å². The van der Waals surface area contributed by atoms with Crippen LogP contribution in [0.25, 0.3) is 0 Å². The normalized spacial score (nSPS) is 11.5. The largest absolute Gasteiger partial charge is 0.322 e. The minimum Gasteiger partial charge on any atom is -0.322 e. The van der Waals surface area contributed by atoms with E-state index in [1.54, 1.807) is 0 Å². The number of nitrogens with zero attached hydrogens (tertiary/aromatic N) is 2. The van der Waals surface area contributed by atoms with E-state index in [1.807, 2.05) is 19.9 Å². The van der Waals surface area contributed by atoms with Crippen LogP contribution < -0.4 is 5.84 Å². The lowest BCUT2D eigenvalue weighted by Gasteiger charge is -1.94. The first-order chi connectivity index (χ1) is 3.72. The predicted octanol–water partition coefficient (Wildman–Crippen LogP) is 0.481. The molecule has 0 heterocycles. The molecule has 0 atom stereocenters. The van der Waals surface area contributed by atoms with Gasteiger partial charge in [-0.05, 0) is 0 Å². The molecule has 0 saturated heterocycles. The van der Waals surface area contributed by atoms with Crippen molar-refractivity contribution in [3.8, 4) is 6.07 Å². The van der Waals surface area contributed by atoms with Crippen molar-refractivity contribution in [2.75, 3.05) is 0 Å². The summed E-state index contributed by atoms with van der Waals surface area (Å²) in [6.07, 6.45) is 0. The Kier molecular flexibility index (Phi) is 2.63. The van der Waals surface area contributed by atoms with Gasteiger partial charge in [-0.15, -0.1) is 0 Å². The summed E-state index contributed by atoms with van der Waals surface area (Å²) in [5, 5.41) is 11.5. The van der Waals surface area contributed by atoms with Gasteiger partial charge < -0.3 is 5.84 Å². The summed E-state index contributed by atoms with van der Waals surface area (Å²) < 4.78 is 0. The van der Waals surface area contributed by atoms with Gasteiger partial charge in [0.1, 0.15) is 11.8 Å². The van der Waals surface area contributed by atoms with Crippen molar-refractivity contribution in [3.05, 3.63) is 0 Å². The van der Waals surface area contributed by atoms with Crippen molar-refractivity contribution in [3.63, 3.8) is 0 Å². The lowest BCUT2D eigenvalue weighted by molar-refractivity contribution is 0.882. The predicted molar refractivity (Wildman–Crippen MR) is 32.1 cm³/mol. The molecule has 0 unspecified atom stereocenters. The Morgan fingerprint density at radius 1 is 1.75 bits per heavy atom. The van der Waals surface area contributed by atoms with E-state index >= 15 is 0 Å². The van der Waals surface area contributed by atoms with E-state index in [1.165, 1.54) is 0 Å². The molecule has 0 aliphatic heterocycles. The highest BCUT2D eigenvalue weighted by Gasteiger charge is 2.00. The summed E-state index contributed by atoms with van der Waals surface area (Å²) in [4.78, 5) is 0. The third-order valence-corrected chi connectivity index (χ3v) is 0.801. The number of hydrazone groups is 1. The van der Waals surface area contributed by atoms with Gasteiger partial charge in [0.15, 0.2) is 0 Å². The van der Waals surface area contributed by atoms with Crippen LogP contribution in [0, 0.1) is 17.2 Å². The summed E-state index contributed by atoms with van der Waals surface area (Å²) in [5.41, 5.74) is 0.394. The lowest BCUT2D eigenvalue weighted by Crippen LogP contribution is -2.06. The number of nitriles is 1. The Morgan fingerprint density at radius 3 is 2.25 bits per heavy atom. The Hall–Kier alpha value is -1.04. The van der Waals surface area contributed by atoms with E-state index in [2.05, 4.69) is 5.10 Å². The van der Waals surface area contributed by atoms with Crippen molar-refractivity contribution < 1.29 is 0 Å². The standard InChI is InChI=1S/C5H9N3/c1-4(2)5(3-6)8-7/h4H,7H2,1-2H3/b8-5+. The molecule has 0 amide bonds. The van der Waals surface area contributed by atoms with Crippen molar-refractivity contribution >= 4 is 5.71 Å². The molecule has 0 spiro atoms. The summed E-state index contributed by atoms with van der Waals surface area (Å²) in [6.45, 7) is 3.74. The molecule has 44 valence electrons. The van der Waals surface area contributed by atoms with Crippen molar-refractivity contribution in [2.45, 2.75) is 13.8 Å². The van der Waals surface area contributed by atoms with E-state index < -0.39 is 0 Å². The highest BCUT2D eigenvalue weighted by atomic mass is 15.1. The van der Waals surface area contributed by atoms with Gasteiger partial charge in [0.05, 0.1) is 0 Å². The van der Waals surface area contributed by atoms with Crippen LogP contribution in [0.15, 0.2) is 5.10 Å². The number of rotatable bonds is 1. The molecule has 3 heteroatoms. The molecule has 0 bridgehead atoms. The van der Waals surface area contributed by atoms with Crippen molar-refractivity contribution in [1.29, 1.82) is 5.26 Å². The zero-order chi connectivity index (χ0) is 6.57. The molecule has 0 aliphatic carbocycles. The number of hydrogen-bond donors (Lipinski definition) is 1. The summed E-state index contributed by atoms with van der Waals surface area (Å²) in [7, 11) is 0. The second kappa shape index (κ2) is 3.03. The molecule has 0 rings (SSSR count). The van der Waals surface area contributed by atoms with Crippen molar-refractivity contribution in [1.82, 2.24) is 0 Å². The van der Waals surface area contributed by atoms with Crippen molar-refractivity contribution in [2.24, 2.45) is 16.9 Å². The third-order valence-electron chi connectivity index (χ3n) is 0.801. The van der Waals surface area contributed by atoms with Gasteiger partial charge in [-0.1, -0.05) is 13.8 Å². The van der Waals surface area contributed by atoms with E-state index in [0.717, 1.165) is 0 Å². The van der Waals surface area contributed by atoms with Crippen LogP contribution in [0.1, 0.15) is 13.8 Å². The highest BCUT2D eigenvalue weighted by molar-refractivity contribution is 5.99. The van der Waals surface area contributed by atoms with E-state index in [-0.39, 0.29) is 5.92 Å². The SMILES string of the molecule is CC(C)/C(C#N)=N/N. The maximum absolute atomic E-state index is 8.24. The van der Waals surface area contributed by atoms with E-state index in [0.29, 0.717) is 5.71 Å². The van der Waals surface area contributed by atoms with Crippen LogP contribution in [-0.2, 0) is 0 Å². The lowest BCUT2D eigenvalue weighted by atomic mass is 10.1. The molecule has 0 radical (unpaired) electrons. The molecule has 2 N–H and O–H groups in total. The maximum atomic E-state index is 8.24. The van der Waals surface area contributed by atoms with Gasteiger partial charge in [0.25, 0.3) is 0 Å². The first kappa shape index (κ1) is 6.96. The minimum absolute atomic E-state index is 0.144. The summed E-state index contributed by atoms with van der Waals surface area (Å²) in [5.74, 6) is 4.99. The van der Waals surface area contributed by atoms with Gasteiger partial charge >= 0.3 is 0 Å². The monoisotopic (exact) mass is 111 g/mol. The molecule has 8 heavy (non-hydrogen) atoms. The average Bonchev–Trinajstić information content (AvgIpc) is 1.69. The molecular formula is C5H9N3. The first-order valence-corrected chi connectivity index (χ1v) is 2.40. The van der Waals surface area contributed by atoms with E-state index in [9.17, 15) is 0 Å². The summed E-state index contributed by atoms with van der Waals surface area (Å²) >= 11 is 0. The van der Waals surface area contributed by atoms with Crippen LogP contribution in [0.3, 0.4) is 0 Å². The molecule has 3 nitrogen and oxygen atoms in total. The molecule has 0 fully saturated rings. The smallest absolute Gasteiger partial charge is 0.139 e. The average molecular weight is 111 g/mol. The Bertz CT molecular complexity index is 129. The van der Waals surface area contributed by atoms with Gasteiger partial charge in [0.2, 0.25) is 0 Å². The van der Waals surface area contributed by atoms with E-state index in [4.69, 9.17) is 11.1 Å². The van der Waals surface area contributed by atoms with Gasteiger partial charge in [-0.25, -0.2) is 0 Å². The quantitative estimate of drug-likeness (QED) is 0.304. The Labute approximate surface area is 48.8 Å². The van der Waals surface area contributed by atoms with Gasteiger partial charge in [0, 0.05) is 5.92 Å². The molecule has 0 aromatic rings. The number of hydrogen-bond acceptors (Lipinski definition) is 3. The first-order valence-electron chi connectivity index (χ1n) is 2.40. The molecular weight excluding hydrogens is 102 g/mol.